The van der Waals surface area contributed by atoms with E-state index in [0.29, 0.717) is 40.6 Å². The van der Waals surface area contributed by atoms with Gasteiger partial charge in [0.15, 0.2) is 0 Å². The smallest absolute Gasteiger partial charge is 0.281 e. The molecule has 0 unspecified atom stereocenters. The van der Waals surface area contributed by atoms with Crippen molar-refractivity contribution >= 4 is 51.6 Å². The number of aromatic nitrogens is 1. The highest BCUT2D eigenvalue weighted by atomic mass is 127. The number of hydroxylamine groups is 2. The number of nitrogens with zero attached hydrogens (tertiary/aromatic N) is 2. The number of rotatable bonds is 5. The van der Waals surface area contributed by atoms with Gasteiger partial charge in [0.1, 0.15) is 5.82 Å². The minimum absolute atomic E-state index is 0.0263. The van der Waals surface area contributed by atoms with Crippen LogP contribution in [0.25, 0.3) is 0 Å². The molecule has 0 fully saturated rings. The largest absolute Gasteiger partial charge is 0.394 e. The summed E-state index contributed by atoms with van der Waals surface area (Å²) in [6, 6.07) is 6.93. The molecule has 1 aromatic heterocycles. The van der Waals surface area contributed by atoms with Crippen molar-refractivity contribution in [2.45, 2.75) is 6.42 Å². The molecule has 1 aliphatic rings. The van der Waals surface area contributed by atoms with Gasteiger partial charge in [-0.2, -0.15) is 0 Å². The lowest BCUT2D eigenvalue weighted by molar-refractivity contribution is -0.132. The lowest BCUT2D eigenvalue weighted by Crippen LogP contribution is -2.40. The van der Waals surface area contributed by atoms with Crippen LogP contribution in [-0.4, -0.2) is 40.4 Å². The van der Waals surface area contributed by atoms with E-state index >= 15 is 0 Å². The molecule has 138 valence electrons. The molecule has 3 rings (SSSR count). The van der Waals surface area contributed by atoms with E-state index in [1.54, 1.807) is 19.2 Å². The first kappa shape index (κ1) is 19.2. The first-order chi connectivity index (χ1) is 12.4. The zero-order valence-corrected chi connectivity index (χ0v) is 16.9. The SMILES string of the molecule is Cn1c(Nc2ccc(I)cc2Cl)c2c(cc1=O)CCN(OCCO)C2=O. The molecule has 0 radical (unpaired) electrons. The van der Waals surface area contributed by atoms with Crippen molar-refractivity contribution in [3.05, 3.63) is 54.3 Å². The Labute approximate surface area is 168 Å². The van der Waals surface area contributed by atoms with Gasteiger partial charge in [-0.3, -0.25) is 19.0 Å². The number of carbonyl (C=O) groups excluding carboxylic acids is 1. The summed E-state index contributed by atoms with van der Waals surface area (Å²) in [5.74, 6) is -0.00246. The van der Waals surface area contributed by atoms with E-state index in [0.717, 1.165) is 3.57 Å². The Kier molecular flexibility index (Phi) is 5.86. The highest BCUT2D eigenvalue weighted by Gasteiger charge is 2.30. The van der Waals surface area contributed by atoms with Gasteiger partial charge in [0.25, 0.3) is 11.5 Å². The zero-order valence-electron chi connectivity index (χ0n) is 14.0. The van der Waals surface area contributed by atoms with Crippen LogP contribution in [-0.2, 0) is 18.3 Å². The van der Waals surface area contributed by atoms with E-state index in [9.17, 15) is 9.59 Å². The molecule has 26 heavy (non-hydrogen) atoms. The Morgan fingerprint density at radius 1 is 1.35 bits per heavy atom. The van der Waals surface area contributed by atoms with Crippen LogP contribution in [0.5, 0.6) is 0 Å². The van der Waals surface area contributed by atoms with Gasteiger partial charge in [0.2, 0.25) is 0 Å². The molecule has 2 heterocycles. The van der Waals surface area contributed by atoms with Crippen LogP contribution in [0.3, 0.4) is 0 Å². The molecule has 2 N–H and O–H groups in total. The molecule has 1 amide bonds. The van der Waals surface area contributed by atoms with Crippen LogP contribution in [0.1, 0.15) is 15.9 Å². The average molecular weight is 490 g/mol. The number of pyridine rings is 1. The van der Waals surface area contributed by atoms with Crippen LogP contribution in [0.4, 0.5) is 11.5 Å². The fourth-order valence-electron chi connectivity index (χ4n) is 2.77. The quantitative estimate of drug-likeness (QED) is 0.630. The third kappa shape index (κ3) is 3.73. The summed E-state index contributed by atoms with van der Waals surface area (Å²) in [6.45, 7) is 0.161. The van der Waals surface area contributed by atoms with E-state index in [4.69, 9.17) is 21.5 Å². The van der Waals surface area contributed by atoms with Crippen molar-refractivity contribution < 1.29 is 14.7 Å². The van der Waals surface area contributed by atoms with Gasteiger partial charge in [-0.25, -0.2) is 5.06 Å². The number of benzene rings is 1. The molecule has 0 spiro atoms. The van der Waals surface area contributed by atoms with Crippen molar-refractivity contribution in [1.29, 1.82) is 0 Å². The van der Waals surface area contributed by atoms with Gasteiger partial charge in [-0.1, -0.05) is 11.6 Å². The normalized spacial score (nSPS) is 13.7. The van der Waals surface area contributed by atoms with Gasteiger partial charge >= 0.3 is 0 Å². The van der Waals surface area contributed by atoms with E-state index in [-0.39, 0.29) is 24.7 Å². The maximum Gasteiger partial charge on any atom is 0.281 e. The van der Waals surface area contributed by atoms with E-state index in [1.165, 1.54) is 15.7 Å². The van der Waals surface area contributed by atoms with Crippen LogP contribution < -0.4 is 10.9 Å². The highest BCUT2D eigenvalue weighted by Crippen LogP contribution is 2.31. The van der Waals surface area contributed by atoms with Gasteiger partial charge in [0.05, 0.1) is 36.0 Å². The second-order valence-electron chi connectivity index (χ2n) is 5.75. The molecular weight excluding hydrogens is 473 g/mol. The first-order valence-corrected chi connectivity index (χ1v) is 9.38. The maximum atomic E-state index is 12.9. The molecule has 7 nitrogen and oxygen atoms in total. The van der Waals surface area contributed by atoms with E-state index < -0.39 is 0 Å². The predicted molar refractivity (Wildman–Crippen MR) is 107 cm³/mol. The monoisotopic (exact) mass is 489 g/mol. The zero-order chi connectivity index (χ0) is 18.8. The van der Waals surface area contributed by atoms with Gasteiger partial charge in [-0.05, 0) is 52.8 Å². The van der Waals surface area contributed by atoms with Crippen molar-refractivity contribution in [2.24, 2.45) is 7.05 Å². The maximum absolute atomic E-state index is 12.9. The number of hydrogen-bond acceptors (Lipinski definition) is 5. The Hall–Kier alpha value is -1.62. The first-order valence-electron chi connectivity index (χ1n) is 7.93. The Morgan fingerprint density at radius 2 is 2.12 bits per heavy atom. The number of halogens is 2. The molecule has 0 saturated heterocycles. The summed E-state index contributed by atoms with van der Waals surface area (Å²) >= 11 is 8.44. The molecule has 1 aromatic carbocycles. The predicted octanol–water partition coefficient (Wildman–Crippen LogP) is 2.31. The van der Waals surface area contributed by atoms with Gasteiger partial charge in [0, 0.05) is 16.7 Å². The third-order valence-corrected chi connectivity index (χ3v) is 5.05. The number of hydrogen-bond donors (Lipinski definition) is 2. The molecule has 0 saturated carbocycles. The lowest BCUT2D eigenvalue weighted by atomic mass is 10.0. The van der Waals surface area contributed by atoms with E-state index in [1.807, 2.05) is 6.07 Å². The summed E-state index contributed by atoms with van der Waals surface area (Å²) in [7, 11) is 1.59. The number of anilines is 2. The lowest BCUT2D eigenvalue weighted by Gasteiger charge is -2.29. The molecule has 9 heteroatoms. The molecular formula is C17H17ClIN3O4. The fraction of sp³-hybridized carbons (Fsp3) is 0.294. The number of amides is 1. The summed E-state index contributed by atoms with van der Waals surface area (Å²) < 4.78 is 2.35. The van der Waals surface area contributed by atoms with Gasteiger partial charge < -0.3 is 10.4 Å². The van der Waals surface area contributed by atoms with Crippen LogP contribution in [0.2, 0.25) is 5.02 Å². The molecule has 1 aliphatic heterocycles. The number of nitrogens with one attached hydrogen (secondary N) is 1. The molecule has 0 aliphatic carbocycles. The minimum Gasteiger partial charge on any atom is -0.394 e. The number of fused-ring (bicyclic) bond motifs is 1. The van der Waals surface area contributed by atoms with Crippen LogP contribution in [0.15, 0.2) is 29.1 Å². The summed E-state index contributed by atoms with van der Waals surface area (Å²) in [4.78, 5) is 30.5. The number of aliphatic hydroxyl groups is 1. The standard InChI is InChI=1S/C17H17ClIN3O4/c1-21-14(24)8-10-4-5-22(26-7-6-23)17(25)15(10)16(21)20-13-3-2-11(19)9-12(13)18/h2-3,8-9,20,23H,4-7H2,1H3. The second-order valence-corrected chi connectivity index (χ2v) is 7.41. The Bertz CT molecular complexity index is 916. The summed E-state index contributed by atoms with van der Waals surface area (Å²) in [6.07, 6.45) is 0.484. The van der Waals surface area contributed by atoms with Crippen LogP contribution >= 0.6 is 34.2 Å². The highest BCUT2D eigenvalue weighted by molar-refractivity contribution is 14.1. The van der Waals surface area contributed by atoms with Crippen LogP contribution in [0, 0.1) is 3.57 Å². The number of carbonyl (C=O) groups is 1. The Morgan fingerprint density at radius 3 is 2.81 bits per heavy atom. The third-order valence-electron chi connectivity index (χ3n) is 4.07. The van der Waals surface area contributed by atoms with E-state index in [2.05, 4.69) is 27.9 Å². The van der Waals surface area contributed by atoms with Crippen molar-refractivity contribution in [1.82, 2.24) is 9.63 Å². The fourth-order valence-corrected chi connectivity index (χ4v) is 3.67. The number of aliphatic hydroxyl groups excluding tert-OH is 1. The molecule has 0 atom stereocenters. The minimum atomic E-state index is -0.362. The second kappa shape index (κ2) is 7.95. The topological polar surface area (TPSA) is 83.8 Å². The van der Waals surface area contributed by atoms with Crippen molar-refractivity contribution in [3.63, 3.8) is 0 Å². The van der Waals surface area contributed by atoms with Gasteiger partial charge in [-0.15, -0.1) is 0 Å². The Balaban J connectivity index is 2.06. The summed E-state index contributed by atoms with van der Waals surface area (Å²) in [5, 5.41) is 13.7. The van der Waals surface area contributed by atoms with Crippen molar-refractivity contribution in [2.75, 3.05) is 25.1 Å². The molecule has 2 aromatic rings. The summed E-state index contributed by atoms with van der Waals surface area (Å²) in [5.41, 5.74) is 1.40. The molecule has 0 bridgehead atoms. The average Bonchev–Trinajstić information content (AvgIpc) is 2.60. The van der Waals surface area contributed by atoms with Crippen molar-refractivity contribution in [3.8, 4) is 0 Å².